The largest absolute Gasteiger partial charge is 0.338 e. The average Bonchev–Trinajstić information content (AvgIpc) is 3.41. The highest BCUT2D eigenvalue weighted by Crippen LogP contribution is 2.49. The first-order chi connectivity index (χ1) is 16.0. The summed E-state index contributed by atoms with van der Waals surface area (Å²) in [5.41, 5.74) is 3.22. The highest BCUT2D eigenvalue weighted by Gasteiger charge is 2.56. The quantitative estimate of drug-likeness (QED) is 0.621. The lowest BCUT2D eigenvalue weighted by molar-refractivity contribution is -0.147. The second-order valence-corrected chi connectivity index (χ2v) is 9.33. The molecule has 1 spiro atoms. The normalized spacial score (nSPS) is 22.8. The number of benzene rings is 1. The lowest BCUT2D eigenvalue weighted by Crippen LogP contribution is -2.52. The molecule has 170 valence electrons. The van der Waals surface area contributed by atoms with Crippen molar-refractivity contribution in [1.82, 2.24) is 24.6 Å². The van der Waals surface area contributed by atoms with Gasteiger partial charge in [0.25, 0.3) is 5.91 Å². The number of amides is 2. The minimum atomic E-state index is -0.639. The van der Waals surface area contributed by atoms with Crippen molar-refractivity contribution >= 4 is 11.8 Å². The van der Waals surface area contributed by atoms with Crippen molar-refractivity contribution in [2.24, 2.45) is 12.5 Å². The third-order valence-corrected chi connectivity index (χ3v) is 7.23. The Morgan fingerprint density at radius 1 is 1.09 bits per heavy atom. The fourth-order valence-electron chi connectivity index (χ4n) is 5.48. The SMILES string of the molecule is Cc1ccc(C(=O)N2C[C@@H](c3ccnn3C)[C@@]3(CCCN(Cc4ccncc4)C3=O)C2)cc1. The van der Waals surface area contributed by atoms with Gasteiger partial charge in [-0.1, -0.05) is 17.7 Å². The first-order valence-electron chi connectivity index (χ1n) is 11.5. The van der Waals surface area contributed by atoms with Crippen LogP contribution < -0.4 is 0 Å². The minimum absolute atomic E-state index is 0.0156. The summed E-state index contributed by atoms with van der Waals surface area (Å²) in [6, 6.07) is 13.6. The van der Waals surface area contributed by atoms with E-state index in [0.29, 0.717) is 25.2 Å². The molecule has 7 heteroatoms. The van der Waals surface area contributed by atoms with Crippen LogP contribution in [0, 0.1) is 12.3 Å². The van der Waals surface area contributed by atoms with Crippen molar-refractivity contribution in [3.63, 3.8) is 0 Å². The zero-order chi connectivity index (χ0) is 23.0. The van der Waals surface area contributed by atoms with E-state index in [9.17, 15) is 9.59 Å². The lowest BCUT2D eigenvalue weighted by Gasteiger charge is -2.42. The molecule has 2 aromatic heterocycles. The topological polar surface area (TPSA) is 71.3 Å². The number of carbonyl (C=O) groups excluding carboxylic acids is 2. The van der Waals surface area contributed by atoms with Gasteiger partial charge in [0.05, 0.1) is 5.41 Å². The van der Waals surface area contributed by atoms with Gasteiger partial charge in [0.2, 0.25) is 5.91 Å². The standard InChI is InChI=1S/C26H29N5O2/c1-19-4-6-21(7-5-19)24(32)31-17-22(23-10-14-28-29(23)2)26(18-31)11-3-15-30(25(26)33)16-20-8-12-27-13-9-20/h4-10,12-14,22H,3,11,15-18H2,1-2H3/t22-,26+/m0/s1. The molecule has 0 unspecified atom stereocenters. The highest BCUT2D eigenvalue weighted by atomic mass is 16.2. The second-order valence-electron chi connectivity index (χ2n) is 9.33. The van der Waals surface area contributed by atoms with Crippen molar-refractivity contribution < 1.29 is 9.59 Å². The molecule has 5 rings (SSSR count). The number of nitrogens with zero attached hydrogens (tertiary/aromatic N) is 5. The van der Waals surface area contributed by atoms with Gasteiger partial charge in [-0.25, -0.2) is 0 Å². The molecule has 2 aliphatic rings. The van der Waals surface area contributed by atoms with Crippen LogP contribution in [-0.2, 0) is 18.4 Å². The van der Waals surface area contributed by atoms with E-state index in [-0.39, 0.29) is 17.7 Å². The molecule has 1 aromatic carbocycles. The molecule has 0 bridgehead atoms. The van der Waals surface area contributed by atoms with Crippen LogP contribution in [0.15, 0.2) is 61.1 Å². The molecule has 2 saturated heterocycles. The maximum absolute atomic E-state index is 14.1. The predicted octanol–water partition coefficient (Wildman–Crippen LogP) is 3.17. The maximum Gasteiger partial charge on any atom is 0.253 e. The van der Waals surface area contributed by atoms with Gasteiger partial charge in [-0.15, -0.1) is 0 Å². The van der Waals surface area contributed by atoms with Crippen molar-refractivity contribution in [2.45, 2.75) is 32.2 Å². The van der Waals surface area contributed by atoms with Gasteiger partial charge in [-0.3, -0.25) is 19.3 Å². The fourth-order valence-corrected chi connectivity index (χ4v) is 5.48. The molecule has 0 radical (unpaired) electrons. The summed E-state index contributed by atoms with van der Waals surface area (Å²) in [6.45, 7) is 4.25. The first kappa shape index (κ1) is 21.4. The molecule has 0 saturated carbocycles. The van der Waals surface area contributed by atoms with Gasteiger partial charge in [0.1, 0.15) is 0 Å². The van der Waals surface area contributed by atoms with Crippen LogP contribution in [0.3, 0.4) is 0 Å². The number of piperidine rings is 1. The third-order valence-electron chi connectivity index (χ3n) is 7.23. The number of hydrogen-bond donors (Lipinski definition) is 0. The Kier molecular flexibility index (Phi) is 5.48. The smallest absolute Gasteiger partial charge is 0.253 e. The van der Waals surface area contributed by atoms with Gasteiger partial charge >= 0.3 is 0 Å². The van der Waals surface area contributed by atoms with Crippen LogP contribution in [0.25, 0.3) is 0 Å². The third kappa shape index (κ3) is 3.81. The van der Waals surface area contributed by atoms with Crippen LogP contribution >= 0.6 is 0 Å². The van der Waals surface area contributed by atoms with E-state index >= 15 is 0 Å². The van der Waals surface area contributed by atoms with E-state index in [1.54, 1.807) is 18.6 Å². The summed E-state index contributed by atoms with van der Waals surface area (Å²) in [7, 11) is 1.91. The predicted molar refractivity (Wildman–Crippen MR) is 124 cm³/mol. The molecular weight excluding hydrogens is 414 g/mol. The van der Waals surface area contributed by atoms with E-state index < -0.39 is 5.41 Å². The number of carbonyl (C=O) groups is 2. The van der Waals surface area contributed by atoms with E-state index in [0.717, 1.165) is 36.2 Å². The number of likely N-dealkylation sites (tertiary alicyclic amines) is 2. The molecule has 3 aromatic rings. The summed E-state index contributed by atoms with van der Waals surface area (Å²) in [5.74, 6) is 0.0289. The Balaban J connectivity index is 1.48. The molecule has 33 heavy (non-hydrogen) atoms. The summed E-state index contributed by atoms with van der Waals surface area (Å²) >= 11 is 0. The Morgan fingerprint density at radius 2 is 1.85 bits per heavy atom. The molecule has 4 heterocycles. The molecule has 2 atom stereocenters. The summed E-state index contributed by atoms with van der Waals surface area (Å²) in [4.78, 5) is 35.4. The van der Waals surface area contributed by atoms with Crippen molar-refractivity contribution in [1.29, 1.82) is 0 Å². The first-order valence-corrected chi connectivity index (χ1v) is 11.5. The number of aryl methyl sites for hydroxylation is 2. The molecule has 7 nitrogen and oxygen atoms in total. The Labute approximate surface area is 194 Å². The molecule has 0 N–H and O–H groups in total. The van der Waals surface area contributed by atoms with Gasteiger partial charge in [-0.2, -0.15) is 5.10 Å². The zero-order valence-electron chi connectivity index (χ0n) is 19.1. The molecule has 2 aliphatic heterocycles. The van der Waals surface area contributed by atoms with Crippen LogP contribution in [0.4, 0.5) is 0 Å². The molecule has 0 aliphatic carbocycles. The van der Waals surface area contributed by atoms with Crippen molar-refractivity contribution in [3.05, 3.63) is 83.4 Å². The van der Waals surface area contributed by atoms with Crippen molar-refractivity contribution in [3.8, 4) is 0 Å². The zero-order valence-corrected chi connectivity index (χ0v) is 19.1. The van der Waals surface area contributed by atoms with Crippen LogP contribution in [0.5, 0.6) is 0 Å². The number of hydrogen-bond acceptors (Lipinski definition) is 4. The molecule has 2 fully saturated rings. The monoisotopic (exact) mass is 443 g/mol. The van der Waals surface area contributed by atoms with Crippen molar-refractivity contribution in [2.75, 3.05) is 19.6 Å². The Hall–Kier alpha value is -3.48. The second kappa shape index (κ2) is 8.46. The average molecular weight is 444 g/mol. The van der Waals surface area contributed by atoms with Gasteiger partial charge in [0.15, 0.2) is 0 Å². The van der Waals surface area contributed by atoms with E-state index in [2.05, 4.69) is 10.1 Å². The van der Waals surface area contributed by atoms with Crippen LogP contribution in [0.1, 0.15) is 45.9 Å². The van der Waals surface area contributed by atoms with E-state index in [1.807, 2.05) is 70.9 Å². The fraction of sp³-hybridized carbons (Fsp3) is 0.385. The summed E-state index contributed by atoms with van der Waals surface area (Å²) in [5, 5.41) is 4.37. The van der Waals surface area contributed by atoms with E-state index in [1.165, 1.54) is 0 Å². The van der Waals surface area contributed by atoms with Gasteiger partial charge in [0, 0.05) is 69.0 Å². The minimum Gasteiger partial charge on any atom is -0.338 e. The Bertz CT molecular complexity index is 1160. The summed E-state index contributed by atoms with van der Waals surface area (Å²) < 4.78 is 1.85. The Morgan fingerprint density at radius 3 is 2.55 bits per heavy atom. The summed E-state index contributed by atoms with van der Waals surface area (Å²) in [6.07, 6.45) is 6.98. The molecular formula is C26H29N5O2. The number of pyridine rings is 1. The van der Waals surface area contributed by atoms with Crippen LogP contribution in [-0.4, -0.2) is 56.0 Å². The van der Waals surface area contributed by atoms with Gasteiger partial charge < -0.3 is 9.80 Å². The van der Waals surface area contributed by atoms with E-state index in [4.69, 9.17) is 0 Å². The number of aromatic nitrogens is 3. The highest BCUT2D eigenvalue weighted by molar-refractivity contribution is 5.96. The van der Waals surface area contributed by atoms with Gasteiger partial charge in [-0.05, 0) is 55.7 Å². The maximum atomic E-state index is 14.1. The molecule has 2 amide bonds. The van der Waals surface area contributed by atoms with Crippen LogP contribution in [0.2, 0.25) is 0 Å². The lowest BCUT2D eigenvalue weighted by atomic mass is 9.70. The number of rotatable bonds is 4.